The largest absolute Gasteiger partial charge is 0.508 e. The fraction of sp³-hybridized carbons (Fsp3) is 0.412. The number of phenolic OH excluding ortho intramolecular Hbond substituents is 1. The predicted molar refractivity (Wildman–Crippen MR) is 162 cm³/mol. The van der Waals surface area contributed by atoms with Gasteiger partial charge in [0.05, 0.1) is 16.7 Å². The van der Waals surface area contributed by atoms with Crippen molar-refractivity contribution in [3.63, 3.8) is 0 Å². The van der Waals surface area contributed by atoms with Crippen LogP contribution in [0.5, 0.6) is 11.8 Å². The predicted octanol–water partition coefficient (Wildman–Crippen LogP) is 5.50. The Bertz CT molecular complexity index is 1850. The van der Waals surface area contributed by atoms with Crippen molar-refractivity contribution in [1.82, 2.24) is 20.2 Å². The molecular weight excluding hydrogens is 567 g/mol. The van der Waals surface area contributed by atoms with Crippen LogP contribution in [0.25, 0.3) is 32.8 Å². The van der Waals surface area contributed by atoms with Gasteiger partial charge in [0.25, 0.3) is 0 Å². The number of ether oxygens (including phenoxy) is 1. The summed E-state index contributed by atoms with van der Waals surface area (Å²) in [7, 11) is 0. The van der Waals surface area contributed by atoms with Gasteiger partial charge in [-0.3, -0.25) is 4.90 Å². The number of rotatable bonds is 5. The first kappa shape index (κ1) is 27.5. The topological polar surface area (TPSA) is 73.8 Å². The van der Waals surface area contributed by atoms with Gasteiger partial charge in [0.1, 0.15) is 35.3 Å². The van der Waals surface area contributed by atoms with E-state index in [9.17, 15) is 9.50 Å². The van der Waals surface area contributed by atoms with Crippen molar-refractivity contribution in [3.8, 4) is 35.2 Å². The van der Waals surface area contributed by atoms with E-state index in [4.69, 9.17) is 16.1 Å². The molecule has 0 spiro atoms. The number of aromatic nitrogens is 2. The molecule has 2 atom stereocenters. The maximum Gasteiger partial charge on any atom is 0.319 e. The lowest BCUT2D eigenvalue weighted by Crippen LogP contribution is -2.51. The number of aromatic hydroxyl groups is 1. The number of nitrogens with one attached hydrogen (secondary N) is 1. The van der Waals surface area contributed by atoms with E-state index in [1.165, 1.54) is 30.3 Å². The van der Waals surface area contributed by atoms with Gasteiger partial charge in [-0.1, -0.05) is 12.0 Å². The first-order valence-electron chi connectivity index (χ1n) is 15.3. The molecule has 2 unspecified atom stereocenters. The lowest BCUT2D eigenvalue weighted by Gasteiger charge is -2.34. The SMILES string of the molecule is C#Cc1c(F)ccc2cc(O)cc(-c3c(F)cc4c(N5CC6CCC(C5)N6)nc(OCC56CCCN5CCC6)nc4c3F)c12. The average Bonchev–Trinajstić information content (AvgIpc) is 3.69. The van der Waals surface area contributed by atoms with Crippen LogP contribution in [0.4, 0.5) is 19.0 Å². The number of fused-ring (bicyclic) bond motifs is 5. The quantitative estimate of drug-likeness (QED) is 0.294. The Hall–Kier alpha value is -4.07. The molecule has 4 fully saturated rings. The van der Waals surface area contributed by atoms with E-state index in [0.717, 1.165) is 51.6 Å². The fourth-order valence-corrected chi connectivity index (χ4v) is 8.11. The Morgan fingerprint density at radius 3 is 2.50 bits per heavy atom. The van der Waals surface area contributed by atoms with Gasteiger partial charge in [0.2, 0.25) is 0 Å². The Kier molecular flexibility index (Phi) is 6.40. The first-order valence-corrected chi connectivity index (χ1v) is 15.3. The van der Waals surface area contributed by atoms with E-state index < -0.39 is 23.0 Å². The number of hydrogen-bond donors (Lipinski definition) is 2. The zero-order chi connectivity index (χ0) is 30.2. The van der Waals surface area contributed by atoms with Crippen LogP contribution in [0, 0.1) is 29.8 Å². The molecule has 0 amide bonds. The van der Waals surface area contributed by atoms with Crippen molar-refractivity contribution in [1.29, 1.82) is 0 Å². The summed E-state index contributed by atoms with van der Waals surface area (Å²) in [5, 5.41) is 14.8. The molecule has 2 bridgehead atoms. The molecule has 5 heterocycles. The van der Waals surface area contributed by atoms with E-state index in [2.05, 4.69) is 26.0 Å². The molecule has 4 aliphatic rings. The highest BCUT2D eigenvalue weighted by Crippen LogP contribution is 2.43. The Labute approximate surface area is 253 Å². The van der Waals surface area contributed by atoms with Crippen LogP contribution in [0.3, 0.4) is 0 Å². The molecule has 1 aromatic heterocycles. The Morgan fingerprint density at radius 2 is 1.77 bits per heavy atom. The summed E-state index contributed by atoms with van der Waals surface area (Å²) >= 11 is 0. The summed E-state index contributed by atoms with van der Waals surface area (Å²) in [5.41, 5.74) is -0.826. The Balaban J connectivity index is 1.31. The second kappa shape index (κ2) is 10.2. The van der Waals surface area contributed by atoms with E-state index in [1.807, 2.05) is 0 Å². The molecule has 44 heavy (non-hydrogen) atoms. The maximum atomic E-state index is 16.8. The third-order valence-corrected chi connectivity index (χ3v) is 10.1. The molecule has 8 rings (SSSR count). The van der Waals surface area contributed by atoms with E-state index >= 15 is 8.78 Å². The summed E-state index contributed by atoms with van der Waals surface area (Å²) in [6.45, 7) is 3.75. The van der Waals surface area contributed by atoms with Crippen LogP contribution >= 0.6 is 0 Å². The third kappa shape index (κ3) is 4.28. The fourth-order valence-electron chi connectivity index (χ4n) is 8.11. The summed E-state index contributed by atoms with van der Waals surface area (Å²) in [5.74, 6) is -0.0336. The van der Waals surface area contributed by atoms with Crippen molar-refractivity contribution >= 4 is 27.5 Å². The van der Waals surface area contributed by atoms with Crippen molar-refractivity contribution in [2.24, 2.45) is 0 Å². The van der Waals surface area contributed by atoms with Gasteiger partial charge >= 0.3 is 6.01 Å². The summed E-state index contributed by atoms with van der Waals surface area (Å²) < 4.78 is 54.1. The van der Waals surface area contributed by atoms with Crippen molar-refractivity contribution in [3.05, 3.63) is 53.3 Å². The molecule has 4 aromatic rings. The minimum atomic E-state index is -0.952. The molecule has 0 saturated carbocycles. The molecule has 0 aliphatic carbocycles. The van der Waals surface area contributed by atoms with Crippen molar-refractivity contribution in [2.75, 3.05) is 37.7 Å². The van der Waals surface area contributed by atoms with Gasteiger partial charge < -0.3 is 20.1 Å². The number of phenols is 1. The van der Waals surface area contributed by atoms with Gasteiger partial charge in [-0.15, -0.1) is 6.42 Å². The van der Waals surface area contributed by atoms with Crippen LogP contribution in [-0.2, 0) is 0 Å². The molecule has 226 valence electrons. The molecule has 3 aromatic carbocycles. The average molecular weight is 600 g/mol. The summed E-state index contributed by atoms with van der Waals surface area (Å²) in [6.07, 6.45) is 12.0. The minimum absolute atomic E-state index is 0.0408. The molecule has 4 saturated heterocycles. The summed E-state index contributed by atoms with van der Waals surface area (Å²) in [4.78, 5) is 13.8. The smallest absolute Gasteiger partial charge is 0.319 e. The van der Waals surface area contributed by atoms with Gasteiger partial charge in [-0.25, -0.2) is 13.2 Å². The molecule has 0 radical (unpaired) electrons. The third-order valence-electron chi connectivity index (χ3n) is 10.1. The molecule has 10 heteroatoms. The number of hydrogen-bond acceptors (Lipinski definition) is 7. The van der Waals surface area contributed by atoms with Gasteiger partial charge in [-0.2, -0.15) is 9.97 Å². The molecule has 2 N–H and O–H groups in total. The van der Waals surface area contributed by atoms with E-state index in [1.54, 1.807) is 0 Å². The number of benzene rings is 3. The number of piperazine rings is 1. The highest BCUT2D eigenvalue weighted by atomic mass is 19.1. The number of terminal acetylenes is 1. The lowest BCUT2D eigenvalue weighted by atomic mass is 9.92. The first-order chi connectivity index (χ1) is 21.3. The number of halogens is 3. The maximum absolute atomic E-state index is 16.8. The minimum Gasteiger partial charge on any atom is -0.508 e. The van der Waals surface area contributed by atoms with Crippen LogP contribution in [-0.4, -0.2) is 70.4 Å². The lowest BCUT2D eigenvalue weighted by molar-refractivity contribution is 0.108. The van der Waals surface area contributed by atoms with Gasteiger partial charge in [-0.05, 0) is 81.3 Å². The van der Waals surface area contributed by atoms with Crippen molar-refractivity contribution < 1.29 is 23.0 Å². The zero-order valence-corrected chi connectivity index (χ0v) is 24.2. The van der Waals surface area contributed by atoms with E-state index in [-0.39, 0.29) is 56.8 Å². The normalized spacial score (nSPS) is 22.5. The standard InChI is InChI=1S/C34H32F3N5O2/c1-2-23-26(35)8-5-19-13-22(43)14-24(28(19)23)29-27(36)15-25-31(30(29)37)39-33(44-18-34-9-3-11-42(34)12-4-10-34)40-32(25)41-16-20-6-7-21(17-41)38-20/h1,5,8,13-15,20-21,38,43H,3-4,6-7,9-12,16-18H2. The Morgan fingerprint density at radius 1 is 1.02 bits per heavy atom. The van der Waals surface area contributed by atoms with Crippen LogP contribution in [0.2, 0.25) is 0 Å². The van der Waals surface area contributed by atoms with Crippen LogP contribution in [0.1, 0.15) is 44.1 Å². The molecular formula is C34H32F3N5O2. The number of nitrogens with zero attached hydrogens (tertiary/aromatic N) is 4. The van der Waals surface area contributed by atoms with Gasteiger partial charge in [0.15, 0.2) is 5.82 Å². The number of anilines is 1. The van der Waals surface area contributed by atoms with Crippen LogP contribution < -0.4 is 15.0 Å². The molecule has 7 nitrogen and oxygen atoms in total. The monoisotopic (exact) mass is 599 g/mol. The zero-order valence-electron chi connectivity index (χ0n) is 24.2. The van der Waals surface area contributed by atoms with Crippen molar-refractivity contribution in [2.45, 2.75) is 56.1 Å². The second-order valence-electron chi connectivity index (χ2n) is 12.7. The highest BCUT2D eigenvalue weighted by molar-refractivity contribution is 6.04. The van der Waals surface area contributed by atoms with Crippen LogP contribution in [0.15, 0.2) is 30.3 Å². The summed E-state index contributed by atoms with van der Waals surface area (Å²) in [6, 6.07) is 6.98. The second-order valence-corrected chi connectivity index (χ2v) is 12.7. The molecule has 4 aliphatic heterocycles. The van der Waals surface area contributed by atoms with E-state index in [0.29, 0.717) is 30.9 Å². The highest BCUT2D eigenvalue weighted by Gasteiger charge is 2.45. The van der Waals surface area contributed by atoms with Gasteiger partial charge in [0, 0.05) is 41.5 Å².